The zero-order chi connectivity index (χ0) is 12.9. The van der Waals surface area contributed by atoms with Gasteiger partial charge in [-0.25, -0.2) is 0 Å². The zero-order valence-electron chi connectivity index (χ0n) is 10.9. The van der Waals surface area contributed by atoms with Gasteiger partial charge in [-0.05, 0) is 25.2 Å². The third-order valence-electron chi connectivity index (χ3n) is 2.11. The van der Waals surface area contributed by atoms with Crippen LogP contribution in [0.4, 0.5) is 0 Å². The predicted octanol–water partition coefficient (Wildman–Crippen LogP) is 3.86. The van der Waals surface area contributed by atoms with Crippen LogP contribution in [-0.4, -0.2) is 19.2 Å². The summed E-state index contributed by atoms with van der Waals surface area (Å²) in [5, 5.41) is 0.144. The van der Waals surface area contributed by atoms with Crippen LogP contribution < -0.4 is 0 Å². The Morgan fingerprint density at radius 2 is 1.88 bits per heavy atom. The van der Waals surface area contributed by atoms with Gasteiger partial charge >= 0.3 is 0 Å². The Bertz CT molecular complexity index is 359. The number of carbonyl (C=O) groups excluding carboxylic acids is 1. The average molecular weight is 268 g/mol. The van der Waals surface area contributed by atoms with E-state index in [1.165, 1.54) is 11.8 Å². The first kappa shape index (κ1) is 14.5. The van der Waals surface area contributed by atoms with Gasteiger partial charge in [0.2, 0.25) is 0 Å². The lowest BCUT2D eigenvalue weighted by Gasteiger charge is -2.26. The van der Waals surface area contributed by atoms with Crippen LogP contribution in [0, 0.1) is 0 Å². The second-order valence-corrected chi connectivity index (χ2v) is 10.6. The molecule has 17 heavy (non-hydrogen) atoms. The quantitative estimate of drug-likeness (QED) is 0.759. The number of carbonyl (C=O) groups is 1. The molecule has 94 valence electrons. The predicted molar refractivity (Wildman–Crippen MR) is 76.8 cm³/mol. The van der Waals surface area contributed by atoms with E-state index >= 15 is 0 Å². The number of hydrogen-bond donors (Lipinski definition) is 0. The lowest BCUT2D eigenvalue weighted by atomic mass is 10.1. The van der Waals surface area contributed by atoms with E-state index < -0.39 is 8.32 Å². The van der Waals surface area contributed by atoms with E-state index in [0.29, 0.717) is 5.75 Å². The minimum atomic E-state index is -1.60. The molecular formula is C13H20O2SSi. The molecule has 0 amide bonds. The first-order valence-corrected chi connectivity index (χ1v) is 10.1. The summed E-state index contributed by atoms with van der Waals surface area (Å²) in [6.07, 6.45) is 0.0248. The highest BCUT2D eigenvalue weighted by molar-refractivity contribution is 8.13. The molecule has 0 aliphatic carbocycles. The van der Waals surface area contributed by atoms with Gasteiger partial charge in [-0.15, -0.1) is 0 Å². The van der Waals surface area contributed by atoms with Crippen molar-refractivity contribution in [2.75, 3.05) is 5.75 Å². The van der Waals surface area contributed by atoms with Crippen molar-refractivity contribution in [3.05, 3.63) is 35.9 Å². The fourth-order valence-electron chi connectivity index (χ4n) is 1.49. The minimum absolute atomic E-state index is 0.0248. The van der Waals surface area contributed by atoms with Gasteiger partial charge in [0.1, 0.15) is 0 Å². The Morgan fingerprint density at radius 3 is 2.35 bits per heavy atom. The van der Waals surface area contributed by atoms with Crippen LogP contribution in [0.3, 0.4) is 0 Å². The molecule has 0 aliphatic heterocycles. The largest absolute Gasteiger partial charge is 0.410 e. The summed E-state index contributed by atoms with van der Waals surface area (Å²) in [5.41, 5.74) is 1.16. The Kier molecular flexibility index (Phi) is 5.43. The Morgan fingerprint density at radius 1 is 1.29 bits per heavy atom. The molecule has 0 unspecified atom stereocenters. The zero-order valence-corrected chi connectivity index (χ0v) is 12.7. The molecule has 0 saturated carbocycles. The summed E-state index contributed by atoms with van der Waals surface area (Å²) >= 11 is 1.33. The number of rotatable bonds is 5. The molecule has 0 saturated heterocycles. The van der Waals surface area contributed by atoms with E-state index in [9.17, 15) is 4.79 Å². The minimum Gasteiger partial charge on any atom is -0.410 e. The molecule has 4 heteroatoms. The Labute approximate surface area is 109 Å². The Hall–Kier alpha value is -0.583. The Balaban J connectivity index is 2.75. The lowest BCUT2D eigenvalue weighted by Crippen LogP contribution is -2.29. The van der Waals surface area contributed by atoms with E-state index in [2.05, 4.69) is 31.8 Å². The van der Waals surface area contributed by atoms with Gasteiger partial charge in [0.25, 0.3) is 0 Å². The summed E-state index contributed by atoms with van der Waals surface area (Å²) in [7, 11) is -1.60. The lowest BCUT2D eigenvalue weighted by molar-refractivity contribution is -0.109. The average Bonchev–Trinajstić information content (AvgIpc) is 2.24. The van der Waals surface area contributed by atoms with Gasteiger partial charge in [0.05, 0.1) is 6.10 Å². The maximum Gasteiger partial charge on any atom is 0.185 e. The molecule has 0 radical (unpaired) electrons. The maximum absolute atomic E-state index is 11.1. The van der Waals surface area contributed by atoms with Gasteiger partial charge in [-0.1, -0.05) is 42.1 Å². The SMILES string of the molecule is CC(=O)SC[C@@H](O[Si](C)(C)C)c1ccccc1. The second kappa shape index (κ2) is 6.38. The molecule has 2 nitrogen and oxygen atoms in total. The van der Waals surface area contributed by atoms with E-state index in [4.69, 9.17) is 4.43 Å². The molecule has 0 fully saturated rings. The van der Waals surface area contributed by atoms with Gasteiger partial charge in [-0.3, -0.25) is 4.79 Å². The van der Waals surface area contributed by atoms with Crippen molar-refractivity contribution in [2.24, 2.45) is 0 Å². The van der Waals surface area contributed by atoms with Crippen LogP contribution in [0.25, 0.3) is 0 Å². The van der Waals surface area contributed by atoms with Crippen LogP contribution in [0.15, 0.2) is 30.3 Å². The van der Waals surface area contributed by atoms with E-state index in [0.717, 1.165) is 5.56 Å². The molecular weight excluding hydrogens is 248 g/mol. The topological polar surface area (TPSA) is 26.3 Å². The van der Waals surface area contributed by atoms with Crippen molar-refractivity contribution in [1.82, 2.24) is 0 Å². The van der Waals surface area contributed by atoms with Crippen LogP contribution >= 0.6 is 11.8 Å². The highest BCUT2D eigenvalue weighted by Crippen LogP contribution is 2.26. The molecule has 1 aromatic rings. The standard InChI is InChI=1S/C13H20O2SSi/c1-11(14)16-10-13(15-17(2,3)4)12-8-6-5-7-9-12/h5-9,13H,10H2,1-4H3/t13-/m1/s1. The van der Waals surface area contributed by atoms with E-state index in [-0.39, 0.29) is 11.2 Å². The normalized spacial score (nSPS) is 13.4. The van der Waals surface area contributed by atoms with Crippen LogP contribution in [0.5, 0.6) is 0 Å². The first-order chi connectivity index (χ1) is 7.88. The molecule has 0 heterocycles. The first-order valence-electron chi connectivity index (χ1n) is 5.74. The van der Waals surface area contributed by atoms with Crippen molar-refractivity contribution in [1.29, 1.82) is 0 Å². The van der Waals surface area contributed by atoms with Crippen molar-refractivity contribution in [2.45, 2.75) is 32.7 Å². The second-order valence-electron chi connectivity index (χ2n) is 4.93. The van der Waals surface area contributed by atoms with Crippen molar-refractivity contribution in [3.63, 3.8) is 0 Å². The summed E-state index contributed by atoms with van der Waals surface area (Å²) in [6, 6.07) is 10.1. The number of benzene rings is 1. The van der Waals surface area contributed by atoms with Gasteiger partial charge < -0.3 is 4.43 Å². The fraction of sp³-hybridized carbons (Fsp3) is 0.462. The summed E-state index contributed by atoms with van der Waals surface area (Å²) in [4.78, 5) is 11.1. The molecule has 1 rings (SSSR count). The monoisotopic (exact) mass is 268 g/mol. The van der Waals surface area contributed by atoms with Gasteiger partial charge in [0.15, 0.2) is 13.4 Å². The van der Waals surface area contributed by atoms with Gasteiger partial charge in [-0.2, -0.15) is 0 Å². The van der Waals surface area contributed by atoms with Crippen molar-refractivity contribution >= 4 is 25.2 Å². The molecule has 0 aliphatic rings. The molecule has 0 bridgehead atoms. The summed E-state index contributed by atoms with van der Waals surface area (Å²) in [5.74, 6) is 0.698. The van der Waals surface area contributed by atoms with Gasteiger partial charge in [0, 0.05) is 12.7 Å². The smallest absolute Gasteiger partial charge is 0.185 e. The highest BCUT2D eigenvalue weighted by Gasteiger charge is 2.22. The molecule has 0 N–H and O–H groups in total. The third kappa shape index (κ3) is 6.05. The molecule has 1 aromatic carbocycles. The number of hydrogen-bond acceptors (Lipinski definition) is 3. The van der Waals surface area contributed by atoms with E-state index in [1.54, 1.807) is 6.92 Å². The molecule has 0 aromatic heterocycles. The summed E-state index contributed by atoms with van der Waals surface area (Å²) < 4.78 is 6.14. The fourth-order valence-corrected chi connectivity index (χ4v) is 3.33. The number of thioether (sulfide) groups is 1. The highest BCUT2D eigenvalue weighted by atomic mass is 32.2. The van der Waals surface area contributed by atoms with Crippen molar-refractivity contribution in [3.8, 4) is 0 Å². The summed E-state index contributed by atoms with van der Waals surface area (Å²) in [6.45, 7) is 8.10. The van der Waals surface area contributed by atoms with Crippen LogP contribution in [-0.2, 0) is 9.22 Å². The molecule has 0 spiro atoms. The molecule has 1 atom stereocenters. The van der Waals surface area contributed by atoms with Crippen molar-refractivity contribution < 1.29 is 9.22 Å². The maximum atomic E-state index is 11.1. The third-order valence-corrected chi connectivity index (χ3v) is 3.97. The van der Waals surface area contributed by atoms with Crippen LogP contribution in [0.2, 0.25) is 19.6 Å². The van der Waals surface area contributed by atoms with Crippen LogP contribution in [0.1, 0.15) is 18.6 Å². The van der Waals surface area contributed by atoms with E-state index in [1.807, 2.05) is 18.2 Å².